The largest absolute Gasteiger partial charge is 0.480 e. The Kier molecular flexibility index (Phi) is 4.25. The van der Waals surface area contributed by atoms with E-state index < -0.39 is 28.3 Å². The molecule has 1 aliphatic heterocycles. The molecule has 0 amide bonds. The lowest BCUT2D eigenvalue weighted by Gasteiger charge is -2.20. The van der Waals surface area contributed by atoms with Crippen molar-refractivity contribution in [1.29, 1.82) is 0 Å². The third-order valence-electron chi connectivity index (χ3n) is 2.36. The summed E-state index contributed by atoms with van der Waals surface area (Å²) >= 11 is 0. The second-order valence-electron chi connectivity index (χ2n) is 3.71. The molecule has 1 heterocycles. The topological polar surface area (TPSA) is 107 Å². The molecule has 0 aromatic heterocycles. The molecule has 0 bridgehead atoms. The molecular formula is C8H16N2O5S. The van der Waals surface area contributed by atoms with Gasteiger partial charge < -0.3 is 10.2 Å². The highest BCUT2D eigenvalue weighted by Gasteiger charge is 2.42. The molecule has 0 aliphatic carbocycles. The number of nitrogens with one attached hydrogen (secondary N) is 1. The van der Waals surface area contributed by atoms with Gasteiger partial charge in [-0.25, -0.2) is 4.72 Å². The van der Waals surface area contributed by atoms with Crippen molar-refractivity contribution in [1.82, 2.24) is 9.03 Å². The molecule has 7 nitrogen and oxygen atoms in total. The summed E-state index contributed by atoms with van der Waals surface area (Å²) in [7, 11) is -3.81. The molecule has 0 saturated carbocycles. The van der Waals surface area contributed by atoms with Gasteiger partial charge in [-0.05, 0) is 6.42 Å². The first kappa shape index (κ1) is 13.4. The minimum absolute atomic E-state index is 0.0671. The standard InChI is InChI=1S/C8H16N2O5S/c1-2-3-9-16(14,15)10-5-6(11)4-7(10)8(12)13/h6-7,9,11H,2-5H2,1H3,(H,12,13)/t6-,7-/m1/s1. The van der Waals surface area contributed by atoms with Crippen molar-refractivity contribution in [3.8, 4) is 0 Å². The molecule has 0 radical (unpaired) electrons. The molecule has 1 saturated heterocycles. The fourth-order valence-corrected chi connectivity index (χ4v) is 3.10. The zero-order valence-electron chi connectivity index (χ0n) is 8.96. The van der Waals surface area contributed by atoms with Gasteiger partial charge in [-0.3, -0.25) is 4.79 Å². The van der Waals surface area contributed by atoms with Crippen LogP contribution in [0.2, 0.25) is 0 Å². The summed E-state index contributed by atoms with van der Waals surface area (Å²) in [5.74, 6) is -1.24. The third-order valence-corrected chi connectivity index (χ3v) is 3.95. The molecule has 94 valence electrons. The van der Waals surface area contributed by atoms with Gasteiger partial charge in [0.1, 0.15) is 6.04 Å². The molecule has 1 rings (SSSR count). The maximum Gasteiger partial charge on any atom is 0.322 e. The van der Waals surface area contributed by atoms with E-state index in [0.29, 0.717) is 6.42 Å². The lowest BCUT2D eigenvalue weighted by molar-refractivity contribution is -0.140. The minimum Gasteiger partial charge on any atom is -0.480 e. The van der Waals surface area contributed by atoms with E-state index >= 15 is 0 Å². The molecule has 8 heteroatoms. The molecule has 0 aromatic carbocycles. The maximum absolute atomic E-state index is 11.7. The summed E-state index contributed by atoms with van der Waals surface area (Å²) in [5.41, 5.74) is 0. The lowest BCUT2D eigenvalue weighted by atomic mass is 10.2. The summed E-state index contributed by atoms with van der Waals surface area (Å²) < 4.78 is 26.5. The van der Waals surface area contributed by atoms with Crippen LogP contribution in [0, 0.1) is 0 Å². The fraction of sp³-hybridized carbons (Fsp3) is 0.875. The van der Waals surface area contributed by atoms with Crippen molar-refractivity contribution in [3.63, 3.8) is 0 Å². The Balaban J connectivity index is 2.81. The molecule has 1 aliphatic rings. The fourth-order valence-electron chi connectivity index (χ4n) is 1.59. The Labute approximate surface area is 94.2 Å². The summed E-state index contributed by atoms with van der Waals surface area (Å²) in [6.45, 7) is 1.88. The Morgan fingerprint density at radius 2 is 2.19 bits per heavy atom. The van der Waals surface area contributed by atoms with Crippen molar-refractivity contribution >= 4 is 16.2 Å². The number of carbonyl (C=O) groups is 1. The molecule has 3 N–H and O–H groups in total. The number of nitrogens with zero attached hydrogens (tertiary/aromatic N) is 1. The van der Waals surface area contributed by atoms with Crippen LogP contribution in [-0.2, 0) is 15.0 Å². The molecule has 0 aromatic rings. The number of aliphatic carboxylic acids is 1. The van der Waals surface area contributed by atoms with E-state index in [0.717, 1.165) is 4.31 Å². The minimum atomic E-state index is -3.81. The molecule has 0 unspecified atom stereocenters. The number of carboxylic acid groups (broad SMARTS) is 1. The van der Waals surface area contributed by atoms with Gasteiger partial charge in [0.2, 0.25) is 0 Å². The van der Waals surface area contributed by atoms with Gasteiger partial charge in [0.15, 0.2) is 0 Å². The highest BCUT2D eigenvalue weighted by molar-refractivity contribution is 7.87. The van der Waals surface area contributed by atoms with Crippen LogP contribution in [0.1, 0.15) is 19.8 Å². The highest BCUT2D eigenvalue weighted by Crippen LogP contribution is 2.20. The summed E-state index contributed by atoms with van der Waals surface area (Å²) in [6.07, 6.45) is -0.366. The summed E-state index contributed by atoms with van der Waals surface area (Å²) in [5, 5.41) is 18.2. The van der Waals surface area contributed by atoms with Crippen LogP contribution in [0.25, 0.3) is 0 Å². The molecule has 1 fully saturated rings. The van der Waals surface area contributed by atoms with E-state index in [2.05, 4.69) is 4.72 Å². The van der Waals surface area contributed by atoms with Gasteiger partial charge in [-0.15, -0.1) is 0 Å². The van der Waals surface area contributed by atoms with Crippen molar-refractivity contribution in [3.05, 3.63) is 0 Å². The zero-order chi connectivity index (χ0) is 12.3. The average molecular weight is 252 g/mol. The van der Waals surface area contributed by atoms with Crippen molar-refractivity contribution in [2.45, 2.75) is 31.9 Å². The van der Waals surface area contributed by atoms with Crippen molar-refractivity contribution in [2.24, 2.45) is 0 Å². The predicted octanol–water partition coefficient (Wildman–Crippen LogP) is -1.25. The van der Waals surface area contributed by atoms with Gasteiger partial charge in [0, 0.05) is 19.5 Å². The number of hydrogen-bond acceptors (Lipinski definition) is 4. The summed E-state index contributed by atoms with van der Waals surface area (Å²) in [6, 6.07) is -1.18. The smallest absolute Gasteiger partial charge is 0.322 e. The van der Waals surface area contributed by atoms with Gasteiger partial charge in [0.25, 0.3) is 10.2 Å². The Hall–Kier alpha value is -0.700. The first-order chi connectivity index (χ1) is 7.38. The number of hydrogen-bond donors (Lipinski definition) is 3. The Morgan fingerprint density at radius 1 is 1.56 bits per heavy atom. The Morgan fingerprint density at radius 3 is 2.69 bits per heavy atom. The quantitative estimate of drug-likeness (QED) is 0.567. The number of aliphatic hydroxyl groups is 1. The molecular weight excluding hydrogens is 236 g/mol. The Bertz CT molecular complexity index is 355. The second kappa shape index (κ2) is 5.09. The second-order valence-corrected chi connectivity index (χ2v) is 5.42. The van der Waals surface area contributed by atoms with E-state index in [1.807, 2.05) is 0 Å². The van der Waals surface area contributed by atoms with E-state index in [1.54, 1.807) is 6.92 Å². The van der Waals surface area contributed by atoms with Gasteiger partial charge in [-0.2, -0.15) is 12.7 Å². The normalized spacial score (nSPS) is 27.1. The van der Waals surface area contributed by atoms with Crippen LogP contribution in [0.15, 0.2) is 0 Å². The van der Waals surface area contributed by atoms with Gasteiger partial charge >= 0.3 is 5.97 Å². The molecule has 2 atom stereocenters. The SMILES string of the molecule is CCCNS(=O)(=O)N1C[C@H](O)C[C@@H]1C(=O)O. The lowest BCUT2D eigenvalue weighted by Crippen LogP contribution is -2.46. The number of carboxylic acids is 1. The van der Waals surface area contributed by atoms with Crippen LogP contribution < -0.4 is 4.72 Å². The van der Waals surface area contributed by atoms with Crippen LogP contribution in [0.5, 0.6) is 0 Å². The first-order valence-corrected chi connectivity index (χ1v) is 6.49. The highest BCUT2D eigenvalue weighted by atomic mass is 32.2. The maximum atomic E-state index is 11.7. The monoisotopic (exact) mass is 252 g/mol. The van der Waals surface area contributed by atoms with Crippen LogP contribution in [-0.4, -0.2) is 54.1 Å². The van der Waals surface area contributed by atoms with Gasteiger partial charge in [0.05, 0.1) is 6.10 Å². The van der Waals surface area contributed by atoms with Crippen molar-refractivity contribution < 1.29 is 23.4 Å². The van der Waals surface area contributed by atoms with Gasteiger partial charge in [-0.1, -0.05) is 6.92 Å². The van der Waals surface area contributed by atoms with E-state index in [1.165, 1.54) is 0 Å². The molecule has 0 spiro atoms. The summed E-state index contributed by atoms with van der Waals surface area (Å²) in [4.78, 5) is 10.8. The van der Waals surface area contributed by atoms with E-state index in [4.69, 9.17) is 5.11 Å². The predicted molar refractivity (Wildman–Crippen MR) is 56.0 cm³/mol. The van der Waals surface area contributed by atoms with E-state index in [9.17, 15) is 18.3 Å². The number of aliphatic hydroxyl groups excluding tert-OH is 1. The first-order valence-electron chi connectivity index (χ1n) is 5.05. The molecule has 16 heavy (non-hydrogen) atoms. The zero-order valence-corrected chi connectivity index (χ0v) is 9.77. The average Bonchev–Trinajstić information content (AvgIpc) is 2.58. The number of rotatable bonds is 5. The number of β-amino-alcohol motifs (C(OH)–C–C–N with tert-alkyl or cyclic N) is 1. The third kappa shape index (κ3) is 2.91. The van der Waals surface area contributed by atoms with Crippen LogP contribution in [0.3, 0.4) is 0 Å². The van der Waals surface area contributed by atoms with Crippen LogP contribution in [0.4, 0.5) is 0 Å². The van der Waals surface area contributed by atoms with Crippen molar-refractivity contribution in [2.75, 3.05) is 13.1 Å². The van der Waals surface area contributed by atoms with E-state index in [-0.39, 0.29) is 19.5 Å². The van der Waals surface area contributed by atoms with Crippen LogP contribution >= 0.6 is 0 Å².